The largest absolute Gasteiger partial charge is 0.452 e. The number of aromatic nitrogens is 1. The molecular formula is C28H24BrN3O3. The van der Waals surface area contributed by atoms with Gasteiger partial charge in [-0.1, -0.05) is 60.7 Å². The van der Waals surface area contributed by atoms with E-state index in [0.29, 0.717) is 4.47 Å². The number of hydrazone groups is 1. The maximum absolute atomic E-state index is 13.3. The number of fused-ring (bicyclic) bond motifs is 1. The van der Waals surface area contributed by atoms with Gasteiger partial charge in [0.05, 0.1) is 17.3 Å². The highest BCUT2D eigenvalue weighted by molar-refractivity contribution is 9.10. The molecule has 2 heterocycles. The molecule has 1 aromatic heterocycles. The highest BCUT2D eigenvalue weighted by atomic mass is 79.9. The van der Waals surface area contributed by atoms with Crippen LogP contribution in [0.25, 0.3) is 6.08 Å². The molecular weight excluding hydrogens is 506 g/mol. The van der Waals surface area contributed by atoms with E-state index in [-0.39, 0.29) is 23.4 Å². The molecule has 1 amide bonds. The van der Waals surface area contributed by atoms with Crippen molar-refractivity contribution in [1.82, 2.24) is 9.99 Å². The van der Waals surface area contributed by atoms with Crippen molar-refractivity contribution < 1.29 is 14.3 Å². The summed E-state index contributed by atoms with van der Waals surface area (Å²) in [5, 5.41) is 6.35. The molecule has 2 aliphatic rings. The second kappa shape index (κ2) is 10.4. The number of allylic oxidation sites excluding steroid dienone is 1. The zero-order chi connectivity index (χ0) is 24.2. The van der Waals surface area contributed by atoms with Crippen LogP contribution in [0.15, 0.2) is 94.3 Å². The van der Waals surface area contributed by atoms with Crippen LogP contribution in [0.4, 0.5) is 0 Å². The first kappa shape index (κ1) is 23.2. The number of carbonyl (C=O) groups excluding carboxylic acids is 2. The van der Waals surface area contributed by atoms with Crippen LogP contribution >= 0.6 is 15.9 Å². The lowest BCUT2D eigenvalue weighted by molar-refractivity contribution is -0.137. The van der Waals surface area contributed by atoms with Crippen molar-refractivity contribution in [3.8, 4) is 0 Å². The molecule has 1 saturated carbocycles. The van der Waals surface area contributed by atoms with Gasteiger partial charge in [0.2, 0.25) is 0 Å². The van der Waals surface area contributed by atoms with Crippen LogP contribution in [-0.2, 0) is 9.53 Å². The molecule has 6 nitrogen and oxygen atoms in total. The van der Waals surface area contributed by atoms with Crippen molar-refractivity contribution in [3.05, 3.63) is 106 Å². The Morgan fingerprint density at radius 3 is 2.54 bits per heavy atom. The topological polar surface area (TPSA) is 71.9 Å². The number of pyridine rings is 1. The summed E-state index contributed by atoms with van der Waals surface area (Å²) in [6.07, 6.45) is 8.04. The number of carbonyl (C=O) groups is 2. The lowest BCUT2D eigenvalue weighted by Crippen LogP contribution is -2.34. The van der Waals surface area contributed by atoms with Crippen molar-refractivity contribution in [2.45, 2.75) is 25.3 Å². The molecule has 1 aliphatic heterocycles. The molecule has 0 bridgehead atoms. The Balaban J connectivity index is 1.42. The van der Waals surface area contributed by atoms with E-state index in [0.717, 1.165) is 41.7 Å². The molecule has 3 aromatic rings. The Hall–Kier alpha value is -3.58. The molecule has 1 aliphatic carbocycles. The molecule has 2 unspecified atom stereocenters. The fourth-order valence-corrected chi connectivity index (χ4v) is 5.11. The summed E-state index contributed by atoms with van der Waals surface area (Å²) in [4.78, 5) is 29.8. The number of amides is 1. The predicted molar refractivity (Wildman–Crippen MR) is 137 cm³/mol. The summed E-state index contributed by atoms with van der Waals surface area (Å²) in [5.41, 5.74) is 4.52. The molecule has 0 spiro atoms. The van der Waals surface area contributed by atoms with Crippen LogP contribution in [-0.4, -0.2) is 34.2 Å². The third-order valence-electron chi connectivity index (χ3n) is 6.31. The quantitative estimate of drug-likeness (QED) is 0.390. The van der Waals surface area contributed by atoms with Gasteiger partial charge in [-0.2, -0.15) is 5.10 Å². The molecule has 7 heteroatoms. The number of halogens is 1. The number of nitrogens with zero attached hydrogens (tertiary/aromatic N) is 3. The molecule has 0 N–H and O–H groups in total. The first-order valence-corrected chi connectivity index (χ1v) is 12.4. The second-order valence-electron chi connectivity index (χ2n) is 8.63. The van der Waals surface area contributed by atoms with Crippen LogP contribution in [0, 0.1) is 5.92 Å². The van der Waals surface area contributed by atoms with Gasteiger partial charge in [0.1, 0.15) is 0 Å². The normalized spacial score (nSPS) is 20.3. The van der Waals surface area contributed by atoms with Crippen LogP contribution in [0.2, 0.25) is 0 Å². The summed E-state index contributed by atoms with van der Waals surface area (Å²) in [7, 11) is 0. The maximum atomic E-state index is 13.3. The summed E-state index contributed by atoms with van der Waals surface area (Å²) in [6, 6.07) is 21.5. The van der Waals surface area contributed by atoms with Gasteiger partial charge in [-0.15, -0.1) is 0 Å². The molecule has 2 aromatic carbocycles. The molecule has 0 saturated heterocycles. The van der Waals surface area contributed by atoms with Crippen LogP contribution in [0.5, 0.6) is 0 Å². The molecule has 2 atom stereocenters. The molecule has 35 heavy (non-hydrogen) atoms. The lowest BCUT2D eigenvalue weighted by atomic mass is 9.77. The average molecular weight is 530 g/mol. The third-order valence-corrected chi connectivity index (χ3v) is 6.74. The Morgan fingerprint density at radius 1 is 1.06 bits per heavy atom. The minimum Gasteiger partial charge on any atom is -0.452 e. The van der Waals surface area contributed by atoms with E-state index in [2.05, 4.69) is 39.1 Å². The summed E-state index contributed by atoms with van der Waals surface area (Å²) < 4.78 is 6.00. The summed E-state index contributed by atoms with van der Waals surface area (Å²) >= 11 is 3.29. The fourth-order valence-electron chi connectivity index (χ4n) is 4.74. The highest BCUT2D eigenvalue weighted by Crippen LogP contribution is 2.44. The van der Waals surface area contributed by atoms with Gasteiger partial charge in [0.25, 0.3) is 5.91 Å². The van der Waals surface area contributed by atoms with E-state index in [4.69, 9.17) is 9.84 Å². The van der Waals surface area contributed by atoms with E-state index in [1.807, 2.05) is 48.5 Å². The first-order chi connectivity index (χ1) is 17.1. The van der Waals surface area contributed by atoms with Crippen LogP contribution in [0.3, 0.4) is 0 Å². The molecule has 5 rings (SSSR count). The summed E-state index contributed by atoms with van der Waals surface area (Å²) in [5.74, 6) is -0.858. The number of rotatable bonds is 5. The van der Waals surface area contributed by atoms with Crippen molar-refractivity contribution in [3.63, 3.8) is 0 Å². The van der Waals surface area contributed by atoms with Crippen molar-refractivity contribution in [1.29, 1.82) is 0 Å². The van der Waals surface area contributed by atoms with Gasteiger partial charge in [0.15, 0.2) is 6.61 Å². The number of hydrogen-bond acceptors (Lipinski definition) is 5. The Labute approximate surface area is 212 Å². The monoisotopic (exact) mass is 529 g/mol. The van der Waals surface area contributed by atoms with Gasteiger partial charge < -0.3 is 4.74 Å². The Bertz CT molecular complexity index is 1290. The van der Waals surface area contributed by atoms with Crippen LogP contribution < -0.4 is 0 Å². The molecule has 0 radical (unpaired) electrons. The van der Waals surface area contributed by atoms with E-state index in [1.165, 1.54) is 11.2 Å². The molecule has 176 valence electrons. The van der Waals surface area contributed by atoms with E-state index in [9.17, 15) is 9.59 Å². The third kappa shape index (κ3) is 5.10. The maximum Gasteiger partial charge on any atom is 0.340 e. The number of esters is 1. The van der Waals surface area contributed by atoms with Crippen molar-refractivity contribution >= 4 is 39.6 Å². The average Bonchev–Trinajstić information content (AvgIpc) is 3.29. The Kier molecular flexibility index (Phi) is 6.86. The lowest BCUT2D eigenvalue weighted by Gasteiger charge is -2.29. The van der Waals surface area contributed by atoms with Crippen molar-refractivity contribution in [2.75, 3.05) is 6.61 Å². The van der Waals surface area contributed by atoms with E-state index < -0.39 is 12.6 Å². The zero-order valence-corrected chi connectivity index (χ0v) is 20.6. The number of hydrogen-bond donors (Lipinski definition) is 0. The SMILES string of the molecule is O=C(OCC(=O)N1N=C2C(=Cc3ccccc3)CCCC2C1c1ccccc1)c1cncc(Br)c1. The van der Waals surface area contributed by atoms with Crippen LogP contribution in [0.1, 0.15) is 46.8 Å². The predicted octanol–water partition coefficient (Wildman–Crippen LogP) is 5.82. The van der Waals surface area contributed by atoms with E-state index in [1.54, 1.807) is 12.3 Å². The molecule has 1 fully saturated rings. The van der Waals surface area contributed by atoms with Crippen molar-refractivity contribution in [2.24, 2.45) is 11.0 Å². The Morgan fingerprint density at radius 2 is 1.80 bits per heavy atom. The smallest absolute Gasteiger partial charge is 0.340 e. The van der Waals surface area contributed by atoms with Gasteiger partial charge in [0, 0.05) is 22.8 Å². The van der Waals surface area contributed by atoms with Gasteiger partial charge in [-0.25, -0.2) is 9.80 Å². The highest BCUT2D eigenvalue weighted by Gasteiger charge is 2.43. The standard InChI is InChI=1S/C28H24BrN3O3/c29-23-15-22(16-30-17-23)28(34)35-18-25(33)32-27(20-10-5-2-6-11-20)24-13-7-12-21(26(24)31-32)14-19-8-3-1-4-9-19/h1-6,8-11,14-17,24,27H,7,12-13,18H2. The number of benzene rings is 2. The van der Waals surface area contributed by atoms with Gasteiger partial charge >= 0.3 is 5.97 Å². The summed E-state index contributed by atoms with van der Waals surface area (Å²) in [6.45, 7) is -0.393. The van der Waals surface area contributed by atoms with Gasteiger partial charge in [-0.3, -0.25) is 9.78 Å². The minimum atomic E-state index is -0.600. The second-order valence-corrected chi connectivity index (χ2v) is 9.54. The first-order valence-electron chi connectivity index (χ1n) is 11.6. The zero-order valence-electron chi connectivity index (χ0n) is 19.0. The minimum absolute atomic E-state index is 0.0926. The fraction of sp³-hybridized carbons (Fsp3) is 0.214. The van der Waals surface area contributed by atoms with Gasteiger partial charge in [-0.05, 0) is 64.0 Å². The van der Waals surface area contributed by atoms with E-state index >= 15 is 0 Å². The number of ether oxygens (including phenoxy) is 1.